The first-order valence-corrected chi connectivity index (χ1v) is 8.16. The summed E-state index contributed by atoms with van der Waals surface area (Å²) in [6.45, 7) is 2.35. The second-order valence-corrected chi connectivity index (χ2v) is 7.09. The number of hydrogen-bond acceptors (Lipinski definition) is 3. The van der Waals surface area contributed by atoms with E-state index < -0.39 is 0 Å². The minimum atomic E-state index is 0.600. The molecule has 2 aromatic rings. The topological polar surface area (TPSA) is 24.9 Å². The van der Waals surface area contributed by atoms with Crippen LogP contribution in [0.4, 0.5) is 5.13 Å². The fraction of sp³-hybridized carbons (Fsp3) is 0.500. The first kappa shape index (κ1) is 12.4. The van der Waals surface area contributed by atoms with Crippen molar-refractivity contribution in [1.82, 2.24) is 4.98 Å². The molecule has 4 heteroatoms. The smallest absolute Gasteiger partial charge is 0.184 e. The van der Waals surface area contributed by atoms with Crippen molar-refractivity contribution >= 4 is 42.6 Å². The van der Waals surface area contributed by atoms with Crippen molar-refractivity contribution in [2.75, 3.05) is 5.32 Å². The normalized spacial score (nSPS) is 24.3. The molecule has 3 rings (SSSR count). The molecule has 1 saturated carbocycles. The lowest BCUT2D eigenvalue weighted by Crippen LogP contribution is -2.30. The van der Waals surface area contributed by atoms with Crippen LogP contribution in [-0.4, -0.2) is 11.0 Å². The average Bonchev–Trinajstić information content (AvgIpc) is 2.73. The van der Waals surface area contributed by atoms with E-state index >= 15 is 0 Å². The lowest BCUT2D eigenvalue weighted by atomic mass is 9.86. The highest BCUT2D eigenvalue weighted by molar-refractivity contribution is 9.10. The molecule has 2 nitrogen and oxygen atoms in total. The van der Waals surface area contributed by atoms with E-state index in [4.69, 9.17) is 0 Å². The molecular formula is C14H17BrN2S. The zero-order chi connectivity index (χ0) is 12.5. The van der Waals surface area contributed by atoms with E-state index in [-0.39, 0.29) is 0 Å². The van der Waals surface area contributed by atoms with Gasteiger partial charge >= 0.3 is 0 Å². The summed E-state index contributed by atoms with van der Waals surface area (Å²) >= 11 is 5.25. The highest BCUT2D eigenvalue weighted by atomic mass is 79.9. The third-order valence-corrected chi connectivity index (χ3v) is 5.23. The molecule has 0 spiro atoms. The van der Waals surface area contributed by atoms with Gasteiger partial charge in [0.1, 0.15) is 0 Å². The molecular weight excluding hydrogens is 308 g/mol. The van der Waals surface area contributed by atoms with Gasteiger partial charge in [-0.2, -0.15) is 0 Å². The highest BCUT2D eigenvalue weighted by Crippen LogP contribution is 2.32. The molecule has 0 radical (unpaired) electrons. The monoisotopic (exact) mass is 324 g/mol. The van der Waals surface area contributed by atoms with Crippen LogP contribution in [0.1, 0.15) is 32.6 Å². The molecule has 1 aromatic heterocycles. The van der Waals surface area contributed by atoms with Crippen LogP contribution in [0.3, 0.4) is 0 Å². The first-order chi connectivity index (χ1) is 8.72. The van der Waals surface area contributed by atoms with Gasteiger partial charge in [-0.25, -0.2) is 4.98 Å². The molecule has 0 saturated heterocycles. The average molecular weight is 325 g/mol. The number of benzene rings is 1. The first-order valence-electron chi connectivity index (χ1n) is 6.55. The molecule has 0 amide bonds. The maximum Gasteiger partial charge on any atom is 0.184 e. The summed E-state index contributed by atoms with van der Waals surface area (Å²) < 4.78 is 2.35. The van der Waals surface area contributed by atoms with Gasteiger partial charge in [0.25, 0.3) is 0 Å². The summed E-state index contributed by atoms with van der Waals surface area (Å²) in [7, 11) is 0. The van der Waals surface area contributed by atoms with Crippen LogP contribution in [0.15, 0.2) is 22.7 Å². The predicted octanol–water partition coefficient (Wildman–Crippen LogP) is 5.05. The molecule has 1 aliphatic rings. The van der Waals surface area contributed by atoms with Crippen molar-refractivity contribution in [2.45, 2.75) is 38.6 Å². The molecule has 0 aliphatic heterocycles. The molecule has 96 valence electrons. The quantitative estimate of drug-likeness (QED) is 0.836. The Balaban J connectivity index is 1.81. The Labute approximate surface area is 120 Å². The standard InChI is InChI=1S/C14H17BrN2S/c1-9-4-2-3-5-11(9)16-14-17-12-8-10(15)6-7-13(12)18-14/h6-9,11H,2-5H2,1H3,(H,16,17). The fourth-order valence-electron chi connectivity index (χ4n) is 2.65. The zero-order valence-corrected chi connectivity index (χ0v) is 12.9. The Morgan fingerprint density at radius 2 is 2.17 bits per heavy atom. The van der Waals surface area contributed by atoms with E-state index in [0.29, 0.717) is 6.04 Å². The third kappa shape index (κ3) is 2.54. The summed E-state index contributed by atoms with van der Waals surface area (Å²) in [6.07, 6.45) is 5.35. The van der Waals surface area contributed by atoms with Crippen LogP contribution < -0.4 is 5.32 Å². The Morgan fingerprint density at radius 3 is 3.00 bits per heavy atom. The van der Waals surface area contributed by atoms with E-state index in [1.807, 2.05) is 0 Å². The minimum Gasteiger partial charge on any atom is -0.358 e. The molecule has 2 unspecified atom stereocenters. The molecule has 2 atom stereocenters. The van der Waals surface area contributed by atoms with Crippen LogP contribution in [0.25, 0.3) is 10.2 Å². The molecule has 1 N–H and O–H groups in total. The van der Waals surface area contributed by atoms with Crippen LogP contribution >= 0.6 is 27.3 Å². The van der Waals surface area contributed by atoms with Crippen LogP contribution in [-0.2, 0) is 0 Å². The minimum absolute atomic E-state index is 0.600. The van der Waals surface area contributed by atoms with Gasteiger partial charge in [-0.15, -0.1) is 0 Å². The summed E-state index contributed by atoms with van der Waals surface area (Å²) in [5.41, 5.74) is 1.08. The van der Waals surface area contributed by atoms with Crippen LogP contribution in [0.2, 0.25) is 0 Å². The van der Waals surface area contributed by atoms with Crippen molar-refractivity contribution in [1.29, 1.82) is 0 Å². The Hall–Kier alpha value is -0.610. The van der Waals surface area contributed by atoms with Gasteiger partial charge in [0.05, 0.1) is 10.2 Å². The van der Waals surface area contributed by atoms with Gasteiger partial charge in [-0.1, -0.05) is 47.0 Å². The SMILES string of the molecule is CC1CCCCC1Nc1nc2cc(Br)ccc2s1. The zero-order valence-electron chi connectivity index (χ0n) is 10.4. The third-order valence-electron chi connectivity index (χ3n) is 3.77. The van der Waals surface area contributed by atoms with Gasteiger partial charge < -0.3 is 5.32 Å². The molecule has 1 aromatic carbocycles. The summed E-state index contributed by atoms with van der Waals surface area (Å²) in [4.78, 5) is 4.68. The van der Waals surface area contributed by atoms with E-state index in [9.17, 15) is 0 Å². The Kier molecular flexibility index (Phi) is 3.57. The number of nitrogens with one attached hydrogen (secondary N) is 1. The number of nitrogens with zero attached hydrogens (tertiary/aromatic N) is 1. The highest BCUT2D eigenvalue weighted by Gasteiger charge is 2.21. The van der Waals surface area contributed by atoms with Crippen LogP contribution in [0.5, 0.6) is 0 Å². The number of fused-ring (bicyclic) bond motifs is 1. The van der Waals surface area contributed by atoms with Gasteiger partial charge in [0, 0.05) is 10.5 Å². The predicted molar refractivity (Wildman–Crippen MR) is 82.4 cm³/mol. The van der Waals surface area contributed by atoms with Gasteiger partial charge in [0.15, 0.2) is 5.13 Å². The Bertz CT molecular complexity index is 552. The maximum absolute atomic E-state index is 4.68. The maximum atomic E-state index is 4.68. The van der Waals surface area contributed by atoms with Gasteiger partial charge in [-0.05, 0) is 37.0 Å². The van der Waals surface area contributed by atoms with Gasteiger partial charge in [-0.3, -0.25) is 0 Å². The molecule has 1 aliphatic carbocycles. The van der Waals surface area contributed by atoms with Crippen molar-refractivity contribution in [3.8, 4) is 0 Å². The van der Waals surface area contributed by atoms with E-state index in [1.165, 1.54) is 30.4 Å². The lowest BCUT2D eigenvalue weighted by molar-refractivity contribution is 0.349. The van der Waals surface area contributed by atoms with Crippen molar-refractivity contribution < 1.29 is 0 Å². The molecule has 18 heavy (non-hydrogen) atoms. The van der Waals surface area contributed by atoms with Crippen LogP contribution in [0, 0.1) is 5.92 Å². The number of halogens is 1. The number of thiazole rings is 1. The Morgan fingerprint density at radius 1 is 1.33 bits per heavy atom. The summed E-state index contributed by atoms with van der Waals surface area (Å²) in [5, 5.41) is 4.70. The number of anilines is 1. The summed E-state index contributed by atoms with van der Waals surface area (Å²) in [5.74, 6) is 0.762. The number of rotatable bonds is 2. The van der Waals surface area contributed by atoms with Crippen molar-refractivity contribution in [3.05, 3.63) is 22.7 Å². The largest absolute Gasteiger partial charge is 0.358 e. The number of hydrogen-bond donors (Lipinski definition) is 1. The number of aromatic nitrogens is 1. The van der Waals surface area contributed by atoms with Crippen molar-refractivity contribution in [3.63, 3.8) is 0 Å². The molecule has 0 bridgehead atoms. The van der Waals surface area contributed by atoms with Gasteiger partial charge in [0.2, 0.25) is 0 Å². The van der Waals surface area contributed by atoms with Crippen molar-refractivity contribution in [2.24, 2.45) is 5.92 Å². The molecule has 1 fully saturated rings. The summed E-state index contributed by atoms with van der Waals surface area (Å²) in [6, 6.07) is 6.89. The van der Waals surface area contributed by atoms with E-state index in [2.05, 4.69) is 51.4 Å². The lowest BCUT2D eigenvalue weighted by Gasteiger charge is -2.29. The second kappa shape index (κ2) is 5.17. The van der Waals surface area contributed by atoms with E-state index in [1.54, 1.807) is 11.3 Å². The second-order valence-electron chi connectivity index (χ2n) is 5.14. The molecule has 1 heterocycles. The van der Waals surface area contributed by atoms with E-state index in [0.717, 1.165) is 21.0 Å². The fourth-order valence-corrected chi connectivity index (χ4v) is 3.91.